The Kier molecular flexibility index (Phi) is 4.30. The van der Waals surface area contributed by atoms with E-state index < -0.39 is 5.97 Å². The summed E-state index contributed by atoms with van der Waals surface area (Å²) < 4.78 is 5.51. The molecule has 3 nitrogen and oxygen atoms in total. The fourth-order valence-electron chi connectivity index (χ4n) is 1.54. The third-order valence-electron chi connectivity index (χ3n) is 2.51. The maximum absolute atomic E-state index is 10.8. The van der Waals surface area contributed by atoms with Crippen molar-refractivity contribution in [3.8, 4) is 5.75 Å². The molecule has 0 unspecified atom stereocenters. The lowest BCUT2D eigenvalue weighted by Crippen LogP contribution is -1.99. The fourth-order valence-corrected chi connectivity index (χ4v) is 1.91. The number of halogens is 2. The van der Waals surface area contributed by atoms with Crippen LogP contribution < -0.4 is 4.74 Å². The highest BCUT2D eigenvalue weighted by Gasteiger charge is 2.07. The van der Waals surface area contributed by atoms with Gasteiger partial charge in [-0.15, -0.1) is 0 Å². The maximum atomic E-state index is 10.8. The van der Waals surface area contributed by atoms with Crippen molar-refractivity contribution in [1.82, 2.24) is 0 Å². The van der Waals surface area contributed by atoms with E-state index >= 15 is 0 Å². The highest BCUT2D eigenvalue weighted by Crippen LogP contribution is 2.26. The van der Waals surface area contributed by atoms with E-state index in [0.29, 0.717) is 15.8 Å². The van der Waals surface area contributed by atoms with E-state index in [0.717, 1.165) is 5.56 Å². The van der Waals surface area contributed by atoms with Gasteiger partial charge in [0.2, 0.25) is 0 Å². The SMILES string of the molecule is O=C(O)c1cccc(OCc2cccc(Cl)c2Cl)c1. The van der Waals surface area contributed by atoms with Gasteiger partial charge in [0.15, 0.2) is 0 Å². The second kappa shape index (κ2) is 5.95. The van der Waals surface area contributed by atoms with E-state index in [1.807, 2.05) is 0 Å². The number of carbonyl (C=O) groups is 1. The van der Waals surface area contributed by atoms with Crippen LogP contribution in [0, 0.1) is 0 Å². The first kappa shape index (κ1) is 13.7. The van der Waals surface area contributed by atoms with Gasteiger partial charge in [0.1, 0.15) is 12.4 Å². The van der Waals surface area contributed by atoms with Gasteiger partial charge in [-0.3, -0.25) is 0 Å². The summed E-state index contributed by atoms with van der Waals surface area (Å²) in [6.07, 6.45) is 0. The van der Waals surface area contributed by atoms with Crippen LogP contribution in [0.5, 0.6) is 5.75 Å². The van der Waals surface area contributed by atoms with Crippen molar-refractivity contribution in [1.29, 1.82) is 0 Å². The van der Waals surface area contributed by atoms with Gasteiger partial charge >= 0.3 is 5.97 Å². The Morgan fingerprint density at radius 2 is 1.89 bits per heavy atom. The minimum absolute atomic E-state index is 0.176. The summed E-state index contributed by atoms with van der Waals surface area (Å²) in [6.45, 7) is 0.225. The molecule has 1 N–H and O–H groups in total. The van der Waals surface area contributed by atoms with Crippen LogP contribution in [0.15, 0.2) is 42.5 Å². The highest BCUT2D eigenvalue weighted by atomic mass is 35.5. The van der Waals surface area contributed by atoms with Crippen LogP contribution in [0.4, 0.5) is 0 Å². The van der Waals surface area contributed by atoms with Gasteiger partial charge in [0, 0.05) is 5.56 Å². The molecule has 0 aromatic heterocycles. The first-order valence-corrected chi connectivity index (χ1v) is 6.22. The average molecular weight is 297 g/mol. The molecule has 0 aliphatic carbocycles. The first-order chi connectivity index (χ1) is 9.08. The molecule has 0 aliphatic rings. The van der Waals surface area contributed by atoms with Gasteiger partial charge in [0.05, 0.1) is 15.6 Å². The zero-order chi connectivity index (χ0) is 13.8. The topological polar surface area (TPSA) is 46.5 Å². The van der Waals surface area contributed by atoms with Gasteiger partial charge in [-0.1, -0.05) is 41.4 Å². The largest absolute Gasteiger partial charge is 0.489 e. The monoisotopic (exact) mass is 296 g/mol. The molecule has 0 bridgehead atoms. The first-order valence-electron chi connectivity index (χ1n) is 5.47. The van der Waals surface area contributed by atoms with E-state index in [9.17, 15) is 4.79 Å². The summed E-state index contributed by atoms with van der Waals surface area (Å²) in [7, 11) is 0. The van der Waals surface area contributed by atoms with Gasteiger partial charge in [0.25, 0.3) is 0 Å². The van der Waals surface area contributed by atoms with Crippen LogP contribution in [0.25, 0.3) is 0 Å². The molecule has 0 radical (unpaired) electrons. The van der Waals surface area contributed by atoms with Gasteiger partial charge in [-0.2, -0.15) is 0 Å². The number of carboxylic acids is 1. The maximum Gasteiger partial charge on any atom is 0.335 e. The number of ether oxygens (including phenoxy) is 1. The Morgan fingerprint density at radius 1 is 1.16 bits per heavy atom. The number of carboxylic acid groups (broad SMARTS) is 1. The molecule has 0 fully saturated rings. The minimum Gasteiger partial charge on any atom is -0.489 e. The fraction of sp³-hybridized carbons (Fsp3) is 0.0714. The number of hydrogen-bond donors (Lipinski definition) is 1. The summed E-state index contributed by atoms with van der Waals surface area (Å²) in [5.41, 5.74) is 0.921. The molecule has 98 valence electrons. The third kappa shape index (κ3) is 3.40. The van der Waals surface area contributed by atoms with E-state index in [1.165, 1.54) is 12.1 Å². The highest BCUT2D eigenvalue weighted by molar-refractivity contribution is 6.42. The number of rotatable bonds is 4. The lowest BCUT2D eigenvalue weighted by molar-refractivity contribution is 0.0696. The molecule has 0 aliphatic heterocycles. The molecule has 0 amide bonds. The molecular weight excluding hydrogens is 287 g/mol. The molecule has 2 rings (SSSR count). The number of benzene rings is 2. The van der Waals surface area contributed by atoms with E-state index in [1.54, 1.807) is 30.3 Å². The van der Waals surface area contributed by atoms with Crippen molar-refractivity contribution < 1.29 is 14.6 Å². The summed E-state index contributed by atoms with van der Waals surface area (Å²) in [4.78, 5) is 10.8. The average Bonchev–Trinajstić information content (AvgIpc) is 2.41. The Balaban J connectivity index is 2.12. The van der Waals surface area contributed by atoms with Gasteiger partial charge in [-0.05, 0) is 24.3 Å². The van der Waals surface area contributed by atoms with Crippen molar-refractivity contribution in [2.24, 2.45) is 0 Å². The van der Waals surface area contributed by atoms with Crippen LogP contribution in [0.3, 0.4) is 0 Å². The van der Waals surface area contributed by atoms with Crippen LogP contribution in [-0.2, 0) is 6.61 Å². The van der Waals surface area contributed by atoms with Crippen molar-refractivity contribution in [3.63, 3.8) is 0 Å². The second-order valence-corrected chi connectivity index (χ2v) is 4.62. The smallest absolute Gasteiger partial charge is 0.335 e. The quantitative estimate of drug-likeness (QED) is 0.916. The standard InChI is InChI=1S/C14H10Cl2O3/c15-12-6-2-4-10(13(12)16)8-19-11-5-1-3-9(7-11)14(17)18/h1-7H,8H2,(H,17,18). The van der Waals surface area contributed by atoms with Crippen LogP contribution >= 0.6 is 23.2 Å². The molecule has 0 atom stereocenters. The molecule has 0 saturated carbocycles. The predicted octanol–water partition coefficient (Wildman–Crippen LogP) is 4.27. The summed E-state index contributed by atoms with van der Waals surface area (Å²) in [6, 6.07) is 11.5. The second-order valence-electron chi connectivity index (χ2n) is 3.83. The molecule has 2 aromatic carbocycles. The number of hydrogen-bond acceptors (Lipinski definition) is 2. The number of aromatic carboxylic acids is 1. The van der Waals surface area contributed by atoms with Crippen LogP contribution in [0.1, 0.15) is 15.9 Å². The molecular formula is C14H10Cl2O3. The third-order valence-corrected chi connectivity index (χ3v) is 3.36. The van der Waals surface area contributed by atoms with Crippen molar-refractivity contribution in [2.45, 2.75) is 6.61 Å². The molecule has 0 saturated heterocycles. The zero-order valence-electron chi connectivity index (χ0n) is 9.77. The summed E-state index contributed by atoms with van der Waals surface area (Å²) in [5.74, 6) is -0.526. The van der Waals surface area contributed by atoms with E-state index in [4.69, 9.17) is 33.0 Å². The molecule has 19 heavy (non-hydrogen) atoms. The molecule has 5 heteroatoms. The lowest BCUT2D eigenvalue weighted by atomic mass is 10.2. The van der Waals surface area contributed by atoms with Crippen molar-refractivity contribution in [3.05, 3.63) is 63.6 Å². The normalized spacial score (nSPS) is 10.2. The van der Waals surface area contributed by atoms with Crippen molar-refractivity contribution in [2.75, 3.05) is 0 Å². The summed E-state index contributed by atoms with van der Waals surface area (Å²) in [5, 5.41) is 9.78. The van der Waals surface area contributed by atoms with Crippen LogP contribution in [-0.4, -0.2) is 11.1 Å². The van der Waals surface area contributed by atoms with Gasteiger partial charge in [-0.25, -0.2) is 4.79 Å². The molecule has 0 spiro atoms. The minimum atomic E-state index is -0.994. The molecule has 2 aromatic rings. The predicted molar refractivity (Wildman–Crippen MR) is 74.2 cm³/mol. The Morgan fingerprint density at radius 3 is 2.63 bits per heavy atom. The lowest BCUT2D eigenvalue weighted by Gasteiger charge is -2.09. The van der Waals surface area contributed by atoms with Crippen molar-refractivity contribution >= 4 is 29.2 Å². The Hall–Kier alpha value is -1.71. The van der Waals surface area contributed by atoms with Gasteiger partial charge < -0.3 is 9.84 Å². The zero-order valence-corrected chi connectivity index (χ0v) is 11.3. The van der Waals surface area contributed by atoms with E-state index in [-0.39, 0.29) is 12.2 Å². The van der Waals surface area contributed by atoms with E-state index in [2.05, 4.69) is 0 Å². The Labute approximate surface area is 120 Å². The molecule has 0 heterocycles. The Bertz CT molecular complexity index is 611. The summed E-state index contributed by atoms with van der Waals surface area (Å²) >= 11 is 11.9. The van der Waals surface area contributed by atoms with Crippen LogP contribution in [0.2, 0.25) is 10.0 Å².